The van der Waals surface area contributed by atoms with Gasteiger partial charge in [-0.1, -0.05) is 0 Å². The van der Waals surface area contributed by atoms with Crippen molar-refractivity contribution in [1.82, 2.24) is 0 Å². The van der Waals surface area contributed by atoms with Crippen LogP contribution in [0.4, 0.5) is 0 Å². The van der Waals surface area contributed by atoms with Gasteiger partial charge in [0.2, 0.25) is 0 Å². The Bertz CT molecular complexity index is 92.1. The SMILES string of the molecule is [60Co+3].[C-]#N.[C-]#N.[C-]#N.[C-]#N.[C-]#N.[C-]#N. The van der Waals surface area contributed by atoms with Gasteiger partial charge in [-0.2, -0.15) is 0 Å². The van der Waals surface area contributed by atoms with E-state index in [2.05, 4.69) is 0 Å². The molecule has 0 rings (SSSR count). The van der Waals surface area contributed by atoms with Crippen molar-refractivity contribution in [1.29, 1.82) is 31.6 Å². The minimum Gasteiger partial charge on any atom is -0.512 e. The zero-order chi connectivity index (χ0) is 12.0. The Labute approximate surface area is 88.3 Å². The molecule has 0 saturated carbocycles. The van der Waals surface area contributed by atoms with Gasteiger partial charge in [0, 0.05) is 0 Å². The van der Waals surface area contributed by atoms with Crippen LogP contribution in [-0.2, 0) is 16.8 Å². The fraction of sp³-hybridized carbons (Fsp3) is 0. The second kappa shape index (κ2) is 103. The smallest absolute Gasteiger partial charge is 0.512 e. The van der Waals surface area contributed by atoms with Crippen molar-refractivity contribution < 1.29 is 16.8 Å². The van der Waals surface area contributed by atoms with E-state index in [0.29, 0.717) is 0 Å². The van der Waals surface area contributed by atoms with Crippen molar-refractivity contribution in [2.24, 2.45) is 0 Å². The van der Waals surface area contributed by atoms with Gasteiger partial charge in [-0.05, 0) is 0 Å². The number of hydrogen-bond acceptors (Lipinski definition) is 6. The van der Waals surface area contributed by atoms with Gasteiger partial charge < -0.3 is 71.0 Å². The molecule has 0 fully saturated rings. The fourth-order valence-corrected chi connectivity index (χ4v) is 0. The normalized spacial score (nSPS) is 0.923. The third-order valence-electron chi connectivity index (χ3n) is 0. The van der Waals surface area contributed by atoms with Crippen LogP contribution in [0.25, 0.3) is 0 Å². The molecular weight excluding hydrogens is 216 g/mol. The van der Waals surface area contributed by atoms with Crippen LogP contribution in [0, 0.1) is 71.0 Å². The van der Waals surface area contributed by atoms with Gasteiger partial charge in [0.25, 0.3) is 0 Å². The Morgan fingerprint density at radius 1 is 0.308 bits per heavy atom. The zero-order valence-electron chi connectivity index (χ0n) is 6.02. The number of hydrogen-bond donors (Lipinski definition) is 0. The van der Waals surface area contributed by atoms with Gasteiger partial charge in [0.05, 0.1) is 0 Å². The molecule has 0 aliphatic rings. The van der Waals surface area contributed by atoms with Crippen LogP contribution in [0.2, 0.25) is 0 Å². The summed E-state index contributed by atoms with van der Waals surface area (Å²) in [6.45, 7) is 28.5. The minimum atomic E-state index is 0. The van der Waals surface area contributed by atoms with Crippen LogP contribution in [0.5, 0.6) is 0 Å². The summed E-state index contributed by atoms with van der Waals surface area (Å²) >= 11 is 0. The second-order valence-electron chi connectivity index (χ2n) is 0. The predicted octanol–water partition coefficient (Wildman–Crippen LogP) is 0.576. The topological polar surface area (TPSA) is 143 Å². The van der Waals surface area contributed by atoms with E-state index in [-0.39, 0.29) is 16.8 Å². The molecule has 0 saturated heterocycles. The van der Waals surface area contributed by atoms with E-state index in [4.69, 9.17) is 71.0 Å². The minimum absolute atomic E-state index is 0. The summed E-state index contributed by atoms with van der Waals surface area (Å²) in [4.78, 5) is 0. The van der Waals surface area contributed by atoms with Gasteiger partial charge in [0.15, 0.2) is 0 Å². The standard InChI is InChI=1S/6CN.Co/c6*1-2;/q6*-1;+3/i;;;;;;1+1. The van der Waals surface area contributed by atoms with E-state index in [9.17, 15) is 0 Å². The maximum Gasteiger partial charge on any atom is 3.00 e. The molecule has 0 spiro atoms. The number of rotatable bonds is 0. The van der Waals surface area contributed by atoms with Crippen LogP contribution in [0.1, 0.15) is 0 Å². The molecule has 66 valence electrons. The summed E-state index contributed by atoms with van der Waals surface area (Å²) in [7, 11) is 0. The Balaban J connectivity index is -0.00000000655. The quantitative estimate of drug-likeness (QED) is 0.541. The summed E-state index contributed by atoms with van der Waals surface area (Å²) in [5.41, 5.74) is 0. The summed E-state index contributed by atoms with van der Waals surface area (Å²) in [6, 6.07) is 0. The van der Waals surface area contributed by atoms with Crippen LogP contribution < -0.4 is 0 Å². The van der Waals surface area contributed by atoms with Crippen LogP contribution in [0.3, 0.4) is 0 Å². The number of nitrogens with zero attached hydrogens (tertiary/aromatic N) is 6. The third kappa shape index (κ3) is 80.3. The molecule has 0 unspecified atom stereocenters. The third-order valence-corrected chi connectivity index (χ3v) is 0. The van der Waals surface area contributed by atoms with Crippen molar-refractivity contribution in [3.05, 3.63) is 39.4 Å². The van der Waals surface area contributed by atoms with E-state index in [1.54, 1.807) is 0 Å². The first-order valence-electron chi connectivity index (χ1n) is 1.34. The van der Waals surface area contributed by atoms with Crippen molar-refractivity contribution in [3.8, 4) is 0 Å². The van der Waals surface area contributed by atoms with Gasteiger partial charge in [-0.25, -0.2) is 0 Å². The molecule has 0 radical (unpaired) electrons. The summed E-state index contributed by atoms with van der Waals surface area (Å²) in [5.74, 6) is 0. The maximum absolute atomic E-state index is 6.25. The largest absolute Gasteiger partial charge is 3.00 e. The molecule has 0 aromatic heterocycles. The summed E-state index contributed by atoms with van der Waals surface area (Å²) in [5, 5.41) is 37.5. The van der Waals surface area contributed by atoms with Crippen molar-refractivity contribution in [2.45, 2.75) is 0 Å². The maximum atomic E-state index is 6.25. The fourth-order valence-electron chi connectivity index (χ4n) is 0. The van der Waals surface area contributed by atoms with Crippen molar-refractivity contribution in [3.63, 3.8) is 0 Å². The monoisotopic (exact) mass is 216 g/mol. The van der Waals surface area contributed by atoms with E-state index in [1.807, 2.05) is 0 Å². The molecule has 7 heteroatoms. The first kappa shape index (κ1) is 78.5. The molecule has 0 atom stereocenters. The Morgan fingerprint density at radius 2 is 0.308 bits per heavy atom. The Morgan fingerprint density at radius 3 is 0.308 bits per heavy atom. The molecule has 0 aromatic rings. The molecule has 0 N–H and O–H groups in total. The average molecular weight is 216 g/mol. The van der Waals surface area contributed by atoms with Gasteiger partial charge >= 0.3 is 16.8 Å². The van der Waals surface area contributed by atoms with Gasteiger partial charge in [-0.3, -0.25) is 0 Å². The van der Waals surface area contributed by atoms with Crippen LogP contribution in [0.15, 0.2) is 0 Å². The molecule has 0 amide bonds. The average Bonchev–Trinajstić information content (AvgIpc) is 2.33. The molecule has 0 bridgehead atoms. The van der Waals surface area contributed by atoms with E-state index < -0.39 is 0 Å². The van der Waals surface area contributed by atoms with Crippen molar-refractivity contribution >= 4 is 0 Å². The molecule has 13 heavy (non-hydrogen) atoms. The van der Waals surface area contributed by atoms with Gasteiger partial charge in [0.1, 0.15) is 0 Å². The zero-order valence-corrected chi connectivity index (χ0v) is 7.06. The molecular formula is C6CoN6-3. The van der Waals surface area contributed by atoms with E-state index in [0.717, 1.165) is 0 Å². The Kier molecular flexibility index (Phi) is 624. The van der Waals surface area contributed by atoms with E-state index in [1.165, 1.54) is 0 Å². The summed E-state index contributed by atoms with van der Waals surface area (Å²) < 4.78 is 0. The van der Waals surface area contributed by atoms with Crippen molar-refractivity contribution in [2.75, 3.05) is 0 Å². The predicted molar refractivity (Wildman–Crippen MR) is 29.8 cm³/mol. The molecule has 6 nitrogen and oxygen atoms in total. The first-order chi connectivity index (χ1) is 6.00. The molecule has 0 heterocycles. The Hall–Kier alpha value is -2.55. The van der Waals surface area contributed by atoms with Crippen LogP contribution >= 0.6 is 0 Å². The molecule has 0 aliphatic carbocycles. The molecule has 0 aromatic carbocycles. The van der Waals surface area contributed by atoms with Gasteiger partial charge in [-0.15, -0.1) is 0 Å². The second-order valence-corrected chi connectivity index (χ2v) is 0. The van der Waals surface area contributed by atoms with E-state index >= 15 is 0 Å². The first-order valence-corrected chi connectivity index (χ1v) is 1.34. The molecule has 0 aliphatic heterocycles. The van der Waals surface area contributed by atoms with Crippen LogP contribution in [-0.4, -0.2) is 0 Å². The summed E-state index contributed by atoms with van der Waals surface area (Å²) in [6.07, 6.45) is 0.